The van der Waals surface area contributed by atoms with Crippen LogP contribution in [0.25, 0.3) is 0 Å². The van der Waals surface area contributed by atoms with E-state index in [0.717, 1.165) is 18.2 Å². The molecule has 0 unspecified atom stereocenters. The second-order valence-corrected chi connectivity index (χ2v) is 4.79. The Hall–Kier alpha value is -1.85. The van der Waals surface area contributed by atoms with Crippen molar-refractivity contribution < 1.29 is 9.31 Å². The maximum atomic E-state index is 13.2. The van der Waals surface area contributed by atoms with Gasteiger partial charge in [0.15, 0.2) is 0 Å². The van der Waals surface area contributed by atoms with Crippen LogP contribution in [0.3, 0.4) is 0 Å². The molecule has 0 aromatic heterocycles. The summed E-state index contributed by atoms with van der Waals surface area (Å²) >= 11 is 11.9. The lowest BCUT2D eigenvalue weighted by Crippen LogP contribution is -2.04. The van der Waals surface area contributed by atoms with Crippen molar-refractivity contribution in [2.75, 3.05) is 5.32 Å². The Morgan fingerprint density at radius 1 is 1.20 bits per heavy atom. The third kappa shape index (κ3) is 3.18. The molecule has 0 heterocycles. The zero-order valence-corrected chi connectivity index (χ0v) is 11.6. The van der Waals surface area contributed by atoms with Crippen LogP contribution >= 0.6 is 23.2 Å². The maximum Gasteiger partial charge on any atom is 0.274 e. The number of para-hydroxylation sites is 1. The molecule has 0 saturated carbocycles. The highest BCUT2D eigenvalue weighted by Gasteiger charge is 2.15. The summed E-state index contributed by atoms with van der Waals surface area (Å²) in [7, 11) is 0. The van der Waals surface area contributed by atoms with E-state index in [1.165, 1.54) is 0 Å². The SMILES string of the molecule is O=[N+]([O-])c1ccc(F)cc1CNc1c(Cl)cccc1Cl. The lowest BCUT2D eigenvalue weighted by atomic mass is 10.1. The maximum absolute atomic E-state index is 13.2. The molecule has 4 nitrogen and oxygen atoms in total. The normalized spacial score (nSPS) is 10.3. The van der Waals surface area contributed by atoms with Gasteiger partial charge in [0.2, 0.25) is 0 Å². The molecule has 0 atom stereocenters. The number of nitrogens with zero attached hydrogens (tertiary/aromatic N) is 1. The van der Waals surface area contributed by atoms with Gasteiger partial charge in [-0.2, -0.15) is 0 Å². The molecule has 2 aromatic carbocycles. The van der Waals surface area contributed by atoms with Crippen LogP contribution in [-0.2, 0) is 6.54 Å². The van der Waals surface area contributed by atoms with Crippen LogP contribution < -0.4 is 5.32 Å². The van der Waals surface area contributed by atoms with Crippen molar-refractivity contribution in [1.29, 1.82) is 0 Å². The summed E-state index contributed by atoms with van der Waals surface area (Å²) in [6.45, 7) is 0.0392. The molecule has 104 valence electrons. The average molecular weight is 315 g/mol. The quantitative estimate of drug-likeness (QED) is 0.660. The molecular formula is C13H9Cl2FN2O2. The number of nitrogens with one attached hydrogen (secondary N) is 1. The summed E-state index contributed by atoms with van der Waals surface area (Å²) < 4.78 is 13.2. The van der Waals surface area contributed by atoms with Gasteiger partial charge in [-0.1, -0.05) is 29.3 Å². The summed E-state index contributed by atoms with van der Waals surface area (Å²) in [5, 5.41) is 14.5. The van der Waals surface area contributed by atoms with Gasteiger partial charge in [0, 0.05) is 12.6 Å². The van der Waals surface area contributed by atoms with E-state index < -0.39 is 10.7 Å². The molecule has 20 heavy (non-hydrogen) atoms. The molecule has 0 radical (unpaired) electrons. The van der Waals surface area contributed by atoms with Crippen LogP contribution in [0.1, 0.15) is 5.56 Å². The third-order valence-corrected chi connectivity index (χ3v) is 3.29. The standard InChI is InChI=1S/C13H9Cl2FN2O2/c14-10-2-1-3-11(15)13(10)17-7-8-6-9(16)4-5-12(8)18(19)20/h1-6,17H,7H2. The molecule has 1 N–H and O–H groups in total. The fourth-order valence-electron chi connectivity index (χ4n) is 1.72. The second-order valence-electron chi connectivity index (χ2n) is 3.98. The van der Waals surface area contributed by atoms with Crippen molar-refractivity contribution in [3.63, 3.8) is 0 Å². The van der Waals surface area contributed by atoms with Gasteiger partial charge < -0.3 is 5.32 Å². The number of hydrogen-bond donors (Lipinski definition) is 1. The number of anilines is 1. The fraction of sp³-hybridized carbons (Fsp3) is 0.0769. The number of rotatable bonds is 4. The molecule has 2 rings (SSSR count). The zero-order valence-electron chi connectivity index (χ0n) is 10.1. The molecule has 0 bridgehead atoms. The van der Waals surface area contributed by atoms with Gasteiger partial charge in [-0.05, 0) is 24.3 Å². The predicted octanol–water partition coefficient (Wildman–Crippen LogP) is 4.65. The van der Waals surface area contributed by atoms with Crippen molar-refractivity contribution in [2.45, 2.75) is 6.54 Å². The Morgan fingerprint density at radius 3 is 2.45 bits per heavy atom. The lowest BCUT2D eigenvalue weighted by molar-refractivity contribution is -0.385. The number of hydrogen-bond acceptors (Lipinski definition) is 3. The Labute approximate surface area is 124 Å². The van der Waals surface area contributed by atoms with Gasteiger partial charge in [-0.25, -0.2) is 4.39 Å². The van der Waals surface area contributed by atoms with Crippen LogP contribution in [0, 0.1) is 15.9 Å². The molecule has 0 spiro atoms. The van der Waals surface area contributed by atoms with Crippen molar-refractivity contribution in [3.8, 4) is 0 Å². The molecule has 2 aromatic rings. The van der Waals surface area contributed by atoms with Gasteiger partial charge in [0.25, 0.3) is 5.69 Å². The Balaban J connectivity index is 2.27. The molecular weight excluding hydrogens is 306 g/mol. The molecule has 0 amide bonds. The Kier molecular flexibility index (Phi) is 4.42. The number of nitro groups is 1. The molecule has 7 heteroatoms. The van der Waals surface area contributed by atoms with Gasteiger partial charge in [-0.15, -0.1) is 0 Å². The molecule has 0 saturated heterocycles. The lowest BCUT2D eigenvalue weighted by Gasteiger charge is -2.10. The molecule has 0 aliphatic rings. The van der Waals surface area contributed by atoms with Crippen molar-refractivity contribution in [2.24, 2.45) is 0 Å². The topological polar surface area (TPSA) is 55.2 Å². The fourth-order valence-corrected chi connectivity index (χ4v) is 2.26. The van der Waals surface area contributed by atoms with E-state index in [1.807, 2.05) is 0 Å². The van der Waals surface area contributed by atoms with Gasteiger partial charge in [-0.3, -0.25) is 10.1 Å². The summed E-state index contributed by atoms with van der Waals surface area (Å²) in [6.07, 6.45) is 0. The first kappa shape index (κ1) is 14.6. The van der Waals surface area contributed by atoms with E-state index in [2.05, 4.69) is 5.32 Å². The Bertz CT molecular complexity index is 645. The first-order valence-electron chi connectivity index (χ1n) is 5.59. The molecule has 0 aliphatic heterocycles. The first-order valence-corrected chi connectivity index (χ1v) is 6.35. The van der Waals surface area contributed by atoms with Crippen LogP contribution in [0.4, 0.5) is 15.8 Å². The van der Waals surface area contributed by atoms with Gasteiger partial charge in [0.05, 0.1) is 26.2 Å². The van der Waals surface area contributed by atoms with Crippen molar-refractivity contribution >= 4 is 34.6 Å². The minimum absolute atomic E-state index is 0.0392. The van der Waals surface area contributed by atoms with Crippen molar-refractivity contribution in [1.82, 2.24) is 0 Å². The monoisotopic (exact) mass is 314 g/mol. The van der Waals surface area contributed by atoms with Crippen molar-refractivity contribution in [3.05, 3.63) is 67.9 Å². The smallest absolute Gasteiger partial charge is 0.274 e. The number of halogens is 3. The van der Waals surface area contributed by atoms with E-state index in [4.69, 9.17) is 23.2 Å². The van der Waals surface area contributed by atoms with Crippen LogP contribution in [0.15, 0.2) is 36.4 Å². The van der Waals surface area contributed by atoms with E-state index >= 15 is 0 Å². The molecule has 0 fully saturated rings. The number of nitro benzene ring substituents is 1. The van der Waals surface area contributed by atoms with Gasteiger partial charge >= 0.3 is 0 Å². The predicted molar refractivity (Wildman–Crippen MR) is 76.8 cm³/mol. The Morgan fingerprint density at radius 2 is 1.85 bits per heavy atom. The van der Waals surface area contributed by atoms with E-state index in [-0.39, 0.29) is 17.8 Å². The summed E-state index contributed by atoms with van der Waals surface area (Å²) in [6, 6.07) is 8.23. The van der Waals surface area contributed by atoms with E-state index in [0.29, 0.717) is 15.7 Å². The summed E-state index contributed by atoms with van der Waals surface area (Å²) in [4.78, 5) is 10.3. The van der Waals surface area contributed by atoms with E-state index in [9.17, 15) is 14.5 Å². The number of benzene rings is 2. The third-order valence-electron chi connectivity index (χ3n) is 2.66. The highest BCUT2D eigenvalue weighted by Crippen LogP contribution is 2.31. The summed E-state index contributed by atoms with van der Waals surface area (Å²) in [5.41, 5.74) is 0.502. The second kappa shape index (κ2) is 6.07. The molecule has 0 aliphatic carbocycles. The minimum Gasteiger partial charge on any atom is -0.378 e. The largest absolute Gasteiger partial charge is 0.378 e. The zero-order chi connectivity index (χ0) is 14.7. The first-order chi connectivity index (χ1) is 9.49. The van der Waals surface area contributed by atoms with Crippen LogP contribution in [0.2, 0.25) is 10.0 Å². The minimum atomic E-state index is -0.565. The van der Waals surface area contributed by atoms with Crippen LogP contribution in [0.5, 0.6) is 0 Å². The highest BCUT2D eigenvalue weighted by atomic mass is 35.5. The highest BCUT2D eigenvalue weighted by molar-refractivity contribution is 6.39. The van der Waals surface area contributed by atoms with Crippen LogP contribution in [-0.4, -0.2) is 4.92 Å². The van der Waals surface area contributed by atoms with E-state index in [1.54, 1.807) is 18.2 Å². The van der Waals surface area contributed by atoms with Gasteiger partial charge in [0.1, 0.15) is 5.82 Å². The summed E-state index contributed by atoms with van der Waals surface area (Å²) in [5.74, 6) is -0.544. The average Bonchev–Trinajstić information content (AvgIpc) is 2.37.